The van der Waals surface area contributed by atoms with Crippen molar-refractivity contribution in [2.24, 2.45) is 5.92 Å². The Bertz CT molecular complexity index is 387. The molecule has 0 aromatic heterocycles. The predicted molar refractivity (Wildman–Crippen MR) is 92.8 cm³/mol. The molecule has 120 valence electrons. The van der Waals surface area contributed by atoms with Gasteiger partial charge in [-0.3, -0.25) is 0 Å². The molecule has 0 aliphatic rings. The summed E-state index contributed by atoms with van der Waals surface area (Å²) < 4.78 is 6.67. The summed E-state index contributed by atoms with van der Waals surface area (Å²) >= 11 is 3.48. The van der Waals surface area contributed by atoms with Crippen molar-refractivity contribution in [1.82, 2.24) is 0 Å². The molecule has 0 spiro atoms. The maximum atomic E-state index is 9.96. The molecule has 0 radical (unpaired) electrons. The number of anilines is 1. The summed E-state index contributed by atoms with van der Waals surface area (Å²) in [6, 6.07) is 7.89. The van der Waals surface area contributed by atoms with E-state index in [4.69, 9.17) is 4.74 Å². The molecule has 0 aliphatic carbocycles. The average Bonchev–Trinajstić information content (AvgIpc) is 2.50. The Kier molecular flexibility index (Phi) is 9.72. The van der Waals surface area contributed by atoms with Crippen LogP contribution < -0.4 is 5.32 Å². The first-order chi connectivity index (χ1) is 10.2. The second-order valence-corrected chi connectivity index (χ2v) is 6.32. The van der Waals surface area contributed by atoms with Crippen LogP contribution in [-0.4, -0.2) is 31.0 Å². The van der Waals surface area contributed by atoms with E-state index in [-0.39, 0.29) is 0 Å². The van der Waals surface area contributed by atoms with Gasteiger partial charge in [0.15, 0.2) is 0 Å². The highest BCUT2D eigenvalue weighted by Gasteiger charge is 2.09. The number of aliphatic hydroxyl groups is 1. The average molecular weight is 358 g/mol. The third-order valence-corrected chi connectivity index (χ3v) is 4.30. The number of benzene rings is 1. The number of nitrogens with one attached hydrogen (secondary N) is 1. The number of halogens is 1. The molecule has 0 bridgehead atoms. The lowest BCUT2D eigenvalue weighted by atomic mass is 10.0. The molecular weight excluding hydrogens is 330 g/mol. The Labute approximate surface area is 137 Å². The van der Waals surface area contributed by atoms with Crippen molar-refractivity contribution in [3.05, 3.63) is 28.7 Å². The van der Waals surface area contributed by atoms with E-state index in [2.05, 4.69) is 35.1 Å². The van der Waals surface area contributed by atoms with Crippen LogP contribution in [0.4, 0.5) is 5.69 Å². The fraction of sp³-hybridized carbons (Fsp3) is 0.647. The molecule has 3 nitrogen and oxygen atoms in total. The molecule has 1 aromatic carbocycles. The molecule has 1 rings (SSSR count). The third-order valence-electron chi connectivity index (χ3n) is 3.61. The summed E-state index contributed by atoms with van der Waals surface area (Å²) in [5.74, 6) is 0.619. The van der Waals surface area contributed by atoms with Crippen LogP contribution in [-0.2, 0) is 4.74 Å². The minimum Gasteiger partial charge on any atom is -0.389 e. The van der Waals surface area contributed by atoms with Crippen molar-refractivity contribution >= 4 is 21.6 Å². The van der Waals surface area contributed by atoms with Crippen LogP contribution >= 0.6 is 15.9 Å². The molecule has 0 saturated carbocycles. The van der Waals surface area contributed by atoms with Gasteiger partial charge in [-0.2, -0.15) is 0 Å². The van der Waals surface area contributed by atoms with Crippen molar-refractivity contribution in [3.63, 3.8) is 0 Å². The van der Waals surface area contributed by atoms with Crippen LogP contribution in [0.1, 0.15) is 39.5 Å². The van der Waals surface area contributed by atoms with Gasteiger partial charge in [-0.05, 0) is 40.4 Å². The summed E-state index contributed by atoms with van der Waals surface area (Å²) in [6.45, 7) is 6.05. The fourth-order valence-corrected chi connectivity index (χ4v) is 2.59. The van der Waals surface area contributed by atoms with Gasteiger partial charge >= 0.3 is 0 Å². The molecule has 0 amide bonds. The topological polar surface area (TPSA) is 41.5 Å². The molecule has 0 fully saturated rings. The Morgan fingerprint density at radius 3 is 2.67 bits per heavy atom. The van der Waals surface area contributed by atoms with E-state index < -0.39 is 6.10 Å². The first-order valence-corrected chi connectivity index (χ1v) is 8.70. The number of unbranched alkanes of at least 4 members (excludes halogenated alkanes) is 1. The first kappa shape index (κ1) is 18.5. The number of para-hydroxylation sites is 1. The summed E-state index contributed by atoms with van der Waals surface area (Å²) in [5, 5.41) is 13.2. The van der Waals surface area contributed by atoms with E-state index in [0.29, 0.717) is 19.1 Å². The van der Waals surface area contributed by atoms with Gasteiger partial charge in [0, 0.05) is 23.3 Å². The van der Waals surface area contributed by atoms with Crippen LogP contribution in [0, 0.1) is 5.92 Å². The summed E-state index contributed by atoms with van der Waals surface area (Å²) in [6.07, 6.45) is 4.37. The summed E-state index contributed by atoms with van der Waals surface area (Å²) in [4.78, 5) is 0. The first-order valence-electron chi connectivity index (χ1n) is 7.91. The number of hydrogen-bond acceptors (Lipinski definition) is 3. The summed E-state index contributed by atoms with van der Waals surface area (Å²) in [5.41, 5.74) is 0.992. The van der Waals surface area contributed by atoms with E-state index in [1.807, 2.05) is 24.3 Å². The van der Waals surface area contributed by atoms with Gasteiger partial charge < -0.3 is 15.2 Å². The standard InChI is InChI=1S/C17H28BrNO2/c1-3-5-8-14(4-2)12-21-13-15(20)11-19-17-10-7-6-9-16(17)18/h6-7,9-10,14-15,19-20H,3-5,8,11-13H2,1-2H3. The third kappa shape index (κ3) is 7.84. The highest BCUT2D eigenvalue weighted by Crippen LogP contribution is 2.21. The van der Waals surface area contributed by atoms with Crippen molar-refractivity contribution in [2.75, 3.05) is 25.1 Å². The lowest BCUT2D eigenvalue weighted by Crippen LogP contribution is -2.26. The number of hydrogen-bond donors (Lipinski definition) is 2. The van der Waals surface area contributed by atoms with Gasteiger partial charge in [-0.25, -0.2) is 0 Å². The second-order valence-electron chi connectivity index (χ2n) is 5.47. The molecule has 0 heterocycles. The Balaban J connectivity index is 2.19. The Morgan fingerprint density at radius 2 is 2.00 bits per heavy atom. The number of aliphatic hydroxyl groups excluding tert-OH is 1. The van der Waals surface area contributed by atoms with Gasteiger partial charge in [0.1, 0.15) is 0 Å². The highest BCUT2D eigenvalue weighted by atomic mass is 79.9. The molecular formula is C17H28BrNO2. The Hall–Kier alpha value is -0.580. The lowest BCUT2D eigenvalue weighted by Gasteiger charge is -2.17. The highest BCUT2D eigenvalue weighted by molar-refractivity contribution is 9.10. The number of ether oxygens (including phenoxy) is 1. The maximum absolute atomic E-state index is 9.96. The van der Waals surface area contributed by atoms with Gasteiger partial charge in [0.2, 0.25) is 0 Å². The van der Waals surface area contributed by atoms with E-state index in [1.165, 1.54) is 19.3 Å². The van der Waals surface area contributed by atoms with Gasteiger partial charge in [0.05, 0.1) is 12.7 Å². The van der Waals surface area contributed by atoms with Crippen molar-refractivity contribution in [2.45, 2.75) is 45.6 Å². The zero-order valence-electron chi connectivity index (χ0n) is 13.1. The SMILES string of the molecule is CCCCC(CC)COCC(O)CNc1ccccc1Br. The van der Waals surface area contributed by atoms with E-state index in [0.717, 1.165) is 23.2 Å². The predicted octanol–water partition coefficient (Wildman–Crippen LogP) is 4.45. The zero-order valence-corrected chi connectivity index (χ0v) is 14.7. The Morgan fingerprint density at radius 1 is 1.24 bits per heavy atom. The largest absolute Gasteiger partial charge is 0.389 e. The van der Waals surface area contributed by atoms with E-state index >= 15 is 0 Å². The second kappa shape index (κ2) is 11.0. The van der Waals surface area contributed by atoms with Crippen molar-refractivity contribution < 1.29 is 9.84 Å². The van der Waals surface area contributed by atoms with Gasteiger partial charge in [-0.1, -0.05) is 45.2 Å². The van der Waals surface area contributed by atoms with E-state index in [9.17, 15) is 5.11 Å². The quantitative estimate of drug-likeness (QED) is 0.614. The minimum absolute atomic E-state index is 0.389. The normalized spacial score (nSPS) is 13.9. The van der Waals surface area contributed by atoms with E-state index in [1.54, 1.807) is 0 Å². The van der Waals surface area contributed by atoms with Crippen LogP contribution in [0.5, 0.6) is 0 Å². The molecule has 2 atom stereocenters. The molecule has 4 heteroatoms. The number of rotatable bonds is 11. The van der Waals surface area contributed by atoms with Gasteiger partial charge in [0.25, 0.3) is 0 Å². The maximum Gasteiger partial charge on any atom is 0.0945 e. The molecule has 1 aromatic rings. The van der Waals surface area contributed by atoms with Crippen LogP contribution in [0.15, 0.2) is 28.7 Å². The minimum atomic E-state index is -0.485. The van der Waals surface area contributed by atoms with Crippen molar-refractivity contribution in [3.8, 4) is 0 Å². The monoisotopic (exact) mass is 357 g/mol. The zero-order chi connectivity index (χ0) is 15.5. The van der Waals surface area contributed by atoms with Crippen LogP contribution in [0.2, 0.25) is 0 Å². The molecule has 0 aliphatic heterocycles. The summed E-state index contributed by atoms with van der Waals surface area (Å²) in [7, 11) is 0. The van der Waals surface area contributed by atoms with Crippen LogP contribution in [0.25, 0.3) is 0 Å². The molecule has 21 heavy (non-hydrogen) atoms. The van der Waals surface area contributed by atoms with Crippen molar-refractivity contribution in [1.29, 1.82) is 0 Å². The molecule has 2 N–H and O–H groups in total. The fourth-order valence-electron chi connectivity index (χ4n) is 2.16. The van der Waals surface area contributed by atoms with Crippen LogP contribution in [0.3, 0.4) is 0 Å². The molecule has 2 unspecified atom stereocenters. The lowest BCUT2D eigenvalue weighted by molar-refractivity contribution is 0.0245. The van der Waals surface area contributed by atoms with Gasteiger partial charge in [-0.15, -0.1) is 0 Å². The smallest absolute Gasteiger partial charge is 0.0945 e. The molecule has 0 saturated heterocycles.